The number of piperidine rings is 1. The maximum absolute atomic E-state index is 14.0. The molecule has 7 rings (SSSR count). The van der Waals surface area contributed by atoms with Gasteiger partial charge in [-0.05, 0) is 55.9 Å². The zero-order valence-electron chi connectivity index (χ0n) is 28.7. The number of carbonyl (C=O) groups is 5. The summed E-state index contributed by atoms with van der Waals surface area (Å²) in [5.74, 6) is -1.49. The summed E-state index contributed by atoms with van der Waals surface area (Å²) in [7, 11) is 0. The molecule has 2 aromatic rings. The Morgan fingerprint density at radius 2 is 1.54 bits per heavy atom. The molecule has 0 spiro atoms. The Labute approximate surface area is 293 Å². The van der Waals surface area contributed by atoms with Gasteiger partial charge in [0.1, 0.15) is 29.9 Å². The van der Waals surface area contributed by atoms with Gasteiger partial charge in [0.25, 0.3) is 5.91 Å². The number of amides is 5. The SMILES string of the molecule is C[C@@H]1NC(=O)[C@H]2CCCN2C(=O)[C@@H](Cc2ccccc2)NC(=O)COc2ccc(cc2)C[C@@H](C(=O)N2CCC(N3CCOCC3)CC2)NC1=O. The van der Waals surface area contributed by atoms with Gasteiger partial charge in [-0.15, -0.1) is 0 Å². The Morgan fingerprint density at radius 1 is 0.820 bits per heavy atom. The first-order valence-electron chi connectivity index (χ1n) is 17.8. The average Bonchev–Trinajstić information content (AvgIpc) is 3.64. The third kappa shape index (κ3) is 8.80. The standard InChI is InChI=1S/C37H48N6O7/c1-25-34(45)40-30(36(47)42-16-13-28(14-17-42)41-18-20-49-21-19-41)23-27-9-11-29(12-10-27)50-24-33(44)39-31(22-26-6-3-2-4-7-26)37(48)43-15-5-8-32(43)35(46)38-25/h2-4,6-7,9-12,25,28,30-32H,5,8,13-24H2,1H3,(H,38,46)(H,39,44)(H,40,45)/t25-,30-,31+,32+/m0/s1. The van der Waals surface area contributed by atoms with Gasteiger partial charge in [0.05, 0.1) is 13.2 Å². The molecule has 5 amide bonds. The van der Waals surface area contributed by atoms with E-state index in [-0.39, 0.29) is 31.3 Å². The molecule has 0 aromatic heterocycles. The molecule has 268 valence electrons. The summed E-state index contributed by atoms with van der Waals surface area (Å²) in [5.41, 5.74) is 1.66. The fraction of sp³-hybridized carbons (Fsp3) is 0.541. The number of benzene rings is 2. The van der Waals surface area contributed by atoms with Crippen LogP contribution in [-0.4, -0.2) is 127 Å². The lowest BCUT2D eigenvalue weighted by Crippen LogP contribution is -2.58. The van der Waals surface area contributed by atoms with Crippen LogP contribution in [0.1, 0.15) is 43.7 Å². The minimum absolute atomic E-state index is 0.169. The van der Waals surface area contributed by atoms with Crippen molar-refractivity contribution in [2.75, 3.05) is 52.5 Å². The first-order chi connectivity index (χ1) is 24.2. The molecule has 3 fully saturated rings. The van der Waals surface area contributed by atoms with E-state index in [1.165, 1.54) is 4.90 Å². The highest BCUT2D eigenvalue weighted by Gasteiger charge is 2.39. The Hall–Kier alpha value is -4.49. The third-order valence-corrected chi connectivity index (χ3v) is 10.2. The van der Waals surface area contributed by atoms with Gasteiger partial charge in [0.2, 0.25) is 23.6 Å². The van der Waals surface area contributed by atoms with Crippen LogP contribution in [0.3, 0.4) is 0 Å². The number of carbonyl (C=O) groups excluding carboxylic acids is 5. The van der Waals surface area contributed by atoms with Gasteiger partial charge in [-0.25, -0.2) is 0 Å². The minimum Gasteiger partial charge on any atom is -0.484 e. The van der Waals surface area contributed by atoms with E-state index in [9.17, 15) is 24.0 Å². The topological polar surface area (TPSA) is 150 Å². The molecule has 0 aliphatic carbocycles. The number of nitrogens with zero attached hydrogens (tertiary/aromatic N) is 3. The van der Waals surface area contributed by atoms with Gasteiger partial charge in [-0.3, -0.25) is 28.9 Å². The maximum atomic E-state index is 14.0. The average molecular weight is 689 g/mol. The maximum Gasteiger partial charge on any atom is 0.258 e. The van der Waals surface area contributed by atoms with Gasteiger partial charge in [0.15, 0.2) is 6.61 Å². The van der Waals surface area contributed by atoms with Gasteiger partial charge in [0, 0.05) is 51.6 Å². The van der Waals surface area contributed by atoms with Crippen molar-refractivity contribution in [2.24, 2.45) is 0 Å². The fourth-order valence-corrected chi connectivity index (χ4v) is 7.38. The van der Waals surface area contributed by atoms with Crippen LogP contribution in [0, 0.1) is 0 Å². The third-order valence-electron chi connectivity index (χ3n) is 10.2. The van der Waals surface area contributed by atoms with E-state index in [1.54, 1.807) is 31.2 Å². The summed E-state index contributed by atoms with van der Waals surface area (Å²) >= 11 is 0. The molecule has 4 atom stereocenters. The second-order valence-corrected chi connectivity index (χ2v) is 13.6. The lowest BCUT2D eigenvalue weighted by Gasteiger charge is -2.41. The second kappa shape index (κ2) is 16.5. The molecule has 0 unspecified atom stereocenters. The molecule has 5 heterocycles. The van der Waals surface area contributed by atoms with Crippen LogP contribution < -0.4 is 20.7 Å². The number of morpholine rings is 1. The van der Waals surface area contributed by atoms with Crippen molar-refractivity contribution >= 4 is 29.5 Å². The zero-order chi connectivity index (χ0) is 35.0. The summed E-state index contributed by atoms with van der Waals surface area (Å²) in [6.07, 6.45) is 3.21. The van der Waals surface area contributed by atoms with Crippen molar-refractivity contribution in [3.05, 3.63) is 65.7 Å². The highest BCUT2D eigenvalue weighted by molar-refractivity contribution is 5.96. The van der Waals surface area contributed by atoms with Crippen LogP contribution in [0.25, 0.3) is 0 Å². The zero-order valence-corrected chi connectivity index (χ0v) is 28.7. The highest BCUT2D eigenvalue weighted by Crippen LogP contribution is 2.22. The number of rotatable bonds is 4. The Bertz CT molecular complexity index is 1510. The van der Waals surface area contributed by atoms with E-state index in [0.717, 1.165) is 50.3 Å². The Kier molecular flexibility index (Phi) is 11.6. The van der Waals surface area contributed by atoms with Crippen molar-refractivity contribution in [1.29, 1.82) is 0 Å². The second-order valence-electron chi connectivity index (χ2n) is 13.6. The Morgan fingerprint density at radius 3 is 2.26 bits per heavy atom. The molecule has 50 heavy (non-hydrogen) atoms. The van der Waals surface area contributed by atoms with Crippen LogP contribution in [0.5, 0.6) is 5.75 Å². The number of ether oxygens (including phenoxy) is 2. The number of fused-ring (bicyclic) bond motifs is 13. The normalized spacial score (nSPS) is 26.5. The molecule has 0 saturated carbocycles. The lowest BCUT2D eigenvalue weighted by molar-refractivity contribution is -0.142. The van der Waals surface area contributed by atoms with E-state index in [0.29, 0.717) is 44.3 Å². The number of hydrogen-bond acceptors (Lipinski definition) is 8. The highest BCUT2D eigenvalue weighted by atomic mass is 16.5. The minimum atomic E-state index is -0.958. The summed E-state index contributed by atoms with van der Waals surface area (Å²) in [6.45, 7) is 6.04. The summed E-state index contributed by atoms with van der Waals surface area (Å²) < 4.78 is 11.3. The molecule has 0 radical (unpaired) electrons. The number of nitrogens with one attached hydrogen (secondary N) is 3. The van der Waals surface area contributed by atoms with Crippen LogP contribution in [0.2, 0.25) is 0 Å². The van der Waals surface area contributed by atoms with Gasteiger partial charge in [-0.1, -0.05) is 42.5 Å². The lowest BCUT2D eigenvalue weighted by atomic mass is 9.99. The first-order valence-corrected chi connectivity index (χ1v) is 17.8. The number of hydrogen-bond donors (Lipinski definition) is 3. The largest absolute Gasteiger partial charge is 0.484 e. The Balaban J connectivity index is 1.19. The molecule has 5 aliphatic heterocycles. The molecule has 5 aliphatic rings. The van der Waals surface area contributed by atoms with Crippen LogP contribution >= 0.6 is 0 Å². The molecule has 13 nitrogen and oxygen atoms in total. The van der Waals surface area contributed by atoms with Crippen LogP contribution in [-0.2, 0) is 41.6 Å². The van der Waals surface area contributed by atoms with E-state index < -0.39 is 41.9 Å². The predicted molar refractivity (Wildman–Crippen MR) is 184 cm³/mol. The molecular formula is C37H48N6O7. The molecule has 3 N–H and O–H groups in total. The predicted octanol–water partition coefficient (Wildman–Crippen LogP) is 0.653. The molecule has 2 bridgehead atoms. The van der Waals surface area contributed by atoms with Crippen LogP contribution in [0.15, 0.2) is 54.6 Å². The monoisotopic (exact) mass is 688 g/mol. The quantitative estimate of drug-likeness (QED) is 0.424. The summed E-state index contributed by atoms with van der Waals surface area (Å²) in [5, 5.41) is 8.55. The summed E-state index contributed by atoms with van der Waals surface area (Å²) in [6, 6.07) is 13.3. The number of likely N-dealkylation sites (tertiary alicyclic amines) is 1. The van der Waals surface area contributed by atoms with Crippen molar-refractivity contribution < 1.29 is 33.4 Å². The van der Waals surface area contributed by atoms with Crippen LogP contribution in [0.4, 0.5) is 0 Å². The van der Waals surface area contributed by atoms with Crippen molar-refractivity contribution in [3.8, 4) is 5.75 Å². The van der Waals surface area contributed by atoms with Crippen molar-refractivity contribution in [2.45, 2.75) is 75.7 Å². The molecule has 13 heteroatoms. The van der Waals surface area contributed by atoms with Gasteiger partial charge >= 0.3 is 0 Å². The van der Waals surface area contributed by atoms with E-state index in [4.69, 9.17) is 9.47 Å². The first kappa shape index (κ1) is 35.3. The van der Waals surface area contributed by atoms with Crippen molar-refractivity contribution in [1.82, 2.24) is 30.7 Å². The van der Waals surface area contributed by atoms with E-state index >= 15 is 0 Å². The fourth-order valence-electron chi connectivity index (χ4n) is 7.38. The van der Waals surface area contributed by atoms with Gasteiger partial charge in [-0.2, -0.15) is 0 Å². The summed E-state index contributed by atoms with van der Waals surface area (Å²) in [4.78, 5) is 74.0. The van der Waals surface area contributed by atoms with Gasteiger partial charge < -0.3 is 35.2 Å². The molecule has 3 saturated heterocycles. The van der Waals surface area contributed by atoms with E-state index in [1.807, 2.05) is 35.2 Å². The van der Waals surface area contributed by atoms with Crippen molar-refractivity contribution in [3.63, 3.8) is 0 Å². The molecule has 2 aromatic carbocycles. The smallest absolute Gasteiger partial charge is 0.258 e. The van der Waals surface area contributed by atoms with E-state index in [2.05, 4.69) is 20.9 Å². The molecular weight excluding hydrogens is 640 g/mol.